The molecule has 1 aliphatic heterocycles. The van der Waals surface area contributed by atoms with Gasteiger partial charge in [0.25, 0.3) is 0 Å². The monoisotopic (exact) mass is 426 g/mol. The molecule has 0 aromatic heterocycles. The molecule has 0 bridgehead atoms. The third kappa shape index (κ3) is 4.38. The Kier molecular flexibility index (Phi) is 6.57. The van der Waals surface area contributed by atoms with Gasteiger partial charge in [-0.2, -0.15) is 0 Å². The largest absolute Gasteiger partial charge is 0.507 e. The third-order valence-electron chi connectivity index (χ3n) is 5.24. The molecule has 7 heteroatoms. The minimum Gasteiger partial charge on any atom is -0.507 e. The number of carbonyl (C=O) groups is 1. The van der Waals surface area contributed by atoms with Crippen LogP contribution < -0.4 is 14.2 Å². The second-order valence-corrected chi connectivity index (χ2v) is 8.16. The first-order valence-corrected chi connectivity index (χ1v) is 10.0. The van der Waals surface area contributed by atoms with Crippen molar-refractivity contribution in [2.24, 2.45) is 0 Å². The van der Waals surface area contributed by atoms with Gasteiger partial charge >= 0.3 is 0 Å². The van der Waals surface area contributed by atoms with Crippen molar-refractivity contribution in [3.63, 3.8) is 0 Å². The van der Waals surface area contributed by atoms with Gasteiger partial charge in [0.1, 0.15) is 23.0 Å². The number of ketones is 1. The normalized spacial score (nSPS) is 14.4. The van der Waals surface area contributed by atoms with Gasteiger partial charge in [0.2, 0.25) is 5.78 Å². The van der Waals surface area contributed by atoms with Crippen molar-refractivity contribution < 1.29 is 24.1 Å². The Hall–Kier alpha value is -3.03. The number of allylic oxidation sites excluding steroid dienone is 1. The van der Waals surface area contributed by atoms with E-state index in [1.165, 1.54) is 0 Å². The predicted octanol–water partition coefficient (Wildman–Crippen LogP) is 3.46. The molecule has 0 saturated heterocycles. The summed E-state index contributed by atoms with van der Waals surface area (Å²) >= 11 is 0. The maximum Gasteiger partial charge on any atom is 0.232 e. The molecule has 0 spiro atoms. The Labute approximate surface area is 183 Å². The molecular weight excluding hydrogens is 396 g/mol. The molecule has 1 N–H and O–H groups in total. The number of aromatic hydroxyl groups is 1. The molecule has 3 rings (SSSR count). The summed E-state index contributed by atoms with van der Waals surface area (Å²) in [5.74, 6) is 1.82. The molecule has 7 nitrogen and oxygen atoms in total. The number of nitrogens with zero attached hydrogens (tertiary/aromatic N) is 2. The fourth-order valence-electron chi connectivity index (χ4n) is 3.75. The van der Waals surface area contributed by atoms with Gasteiger partial charge in [0.05, 0.1) is 25.3 Å². The van der Waals surface area contributed by atoms with E-state index in [9.17, 15) is 9.90 Å². The zero-order chi connectivity index (χ0) is 22.9. The van der Waals surface area contributed by atoms with Crippen LogP contribution in [0, 0.1) is 6.92 Å². The summed E-state index contributed by atoms with van der Waals surface area (Å²) < 4.78 is 16.8. The van der Waals surface area contributed by atoms with E-state index >= 15 is 0 Å². The molecular formula is C24H30N2O5. The molecule has 166 valence electrons. The molecule has 1 aliphatic rings. The lowest BCUT2D eigenvalue weighted by atomic mass is 9.93. The van der Waals surface area contributed by atoms with Crippen molar-refractivity contribution in [3.05, 3.63) is 51.8 Å². The van der Waals surface area contributed by atoms with Gasteiger partial charge in [-0.15, -0.1) is 0 Å². The van der Waals surface area contributed by atoms with Gasteiger partial charge in [-0.25, -0.2) is 0 Å². The quantitative estimate of drug-likeness (QED) is 0.680. The van der Waals surface area contributed by atoms with Crippen LogP contribution in [0.5, 0.6) is 23.0 Å². The Balaban J connectivity index is 2.15. The molecule has 0 aliphatic carbocycles. The second-order valence-electron chi connectivity index (χ2n) is 8.16. The van der Waals surface area contributed by atoms with E-state index in [0.717, 1.165) is 11.1 Å². The van der Waals surface area contributed by atoms with Crippen LogP contribution >= 0.6 is 0 Å². The number of phenolic OH excluding ortho intramolecular Hbond substituents is 1. The summed E-state index contributed by atoms with van der Waals surface area (Å²) in [5.41, 5.74) is 3.29. The number of benzene rings is 2. The number of ether oxygens (including phenoxy) is 3. The van der Waals surface area contributed by atoms with Gasteiger partial charge in [0.15, 0.2) is 5.76 Å². The average molecular weight is 427 g/mol. The van der Waals surface area contributed by atoms with Gasteiger partial charge in [-0.3, -0.25) is 4.79 Å². The minimum absolute atomic E-state index is 0.176. The summed E-state index contributed by atoms with van der Waals surface area (Å²) in [7, 11) is 10.8. The maximum absolute atomic E-state index is 13.4. The average Bonchev–Trinajstić information content (AvgIpc) is 3.04. The van der Waals surface area contributed by atoms with E-state index in [1.807, 2.05) is 51.0 Å². The lowest BCUT2D eigenvalue weighted by Gasteiger charge is -2.21. The topological polar surface area (TPSA) is 71.5 Å². The van der Waals surface area contributed by atoms with Gasteiger partial charge in [-0.05, 0) is 58.9 Å². The Bertz CT molecular complexity index is 1040. The minimum atomic E-state index is -0.203. The van der Waals surface area contributed by atoms with E-state index in [4.69, 9.17) is 14.2 Å². The van der Waals surface area contributed by atoms with Crippen molar-refractivity contribution in [2.75, 3.05) is 42.4 Å². The molecule has 0 fully saturated rings. The highest BCUT2D eigenvalue weighted by molar-refractivity contribution is 6.16. The smallest absolute Gasteiger partial charge is 0.232 e. The first kappa shape index (κ1) is 22.7. The molecule has 2 aromatic carbocycles. The number of fused-ring (bicyclic) bond motifs is 1. The fourth-order valence-corrected chi connectivity index (χ4v) is 3.75. The van der Waals surface area contributed by atoms with Crippen molar-refractivity contribution >= 4 is 11.9 Å². The molecule has 1 heterocycles. The first-order chi connectivity index (χ1) is 14.7. The fraction of sp³-hybridized carbons (Fsp3) is 0.375. The van der Waals surface area contributed by atoms with Crippen molar-refractivity contribution in [3.8, 4) is 23.0 Å². The van der Waals surface area contributed by atoms with Crippen LogP contribution in [0.1, 0.15) is 32.6 Å². The van der Waals surface area contributed by atoms with Crippen molar-refractivity contribution in [1.29, 1.82) is 0 Å². The standard InChI is InChI=1S/C24H30N2O5/c1-14-17(12-25(2)3)22(27)18(13-26(4)5)24-21(14)23(28)20(31-24)10-15-8-9-16(29-6)11-19(15)30-7/h8-11,27H,12-13H2,1-7H3/b20-10-. The number of rotatable bonds is 7. The predicted molar refractivity (Wildman–Crippen MR) is 120 cm³/mol. The van der Waals surface area contributed by atoms with Crippen LogP contribution in [0.4, 0.5) is 0 Å². The summed E-state index contributed by atoms with van der Waals surface area (Å²) in [6.45, 7) is 2.82. The van der Waals surface area contributed by atoms with Crippen LogP contribution in [0.25, 0.3) is 6.08 Å². The molecule has 2 aromatic rings. The highest BCUT2D eigenvalue weighted by Gasteiger charge is 2.35. The molecule has 0 amide bonds. The van der Waals surface area contributed by atoms with E-state index in [-0.39, 0.29) is 17.3 Å². The zero-order valence-corrected chi connectivity index (χ0v) is 19.2. The van der Waals surface area contributed by atoms with Crippen LogP contribution in [-0.4, -0.2) is 63.1 Å². The Morgan fingerprint density at radius 1 is 1.03 bits per heavy atom. The van der Waals surface area contributed by atoms with Gasteiger partial charge in [-0.1, -0.05) is 0 Å². The molecule has 0 radical (unpaired) electrons. The van der Waals surface area contributed by atoms with Crippen molar-refractivity contribution in [2.45, 2.75) is 20.0 Å². The number of phenols is 1. The molecule has 0 atom stereocenters. The maximum atomic E-state index is 13.4. The van der Waals surface area contributed by atoms with E-state index in [2.05, 4.69) is 0 Å². The van der Waals surface area contributed by atoms with Crippen LogP contribution in [0.3, 0.4) is 0 Å². The Morgan fingerprint density at radius 2 is 1.68 bits per heavy atom. The second kappa shape index (κ2) is 8.99. The van der Waals surface area contributed by atoms with Crippen LogP contribution in [0.2, 0.25) is 0 Å². The first-order valence-electron chi connectivity index (χ1n) is 10.0. The lowest BCUT2D eigenvalue weighted by molar-refractivity contribution is 0.101. The van der Waals surface area contributed by atoms with Crippen molar-refractivity contribution in [1.82, 2.24) is 9.80 Å². The highest BCUT2D eigenvalue weighted by Crippen LogP contribution is 2.45. The third-order valence-corrected chi connectivity index (χ3v) is 5.24. The summed E-state index contributed by atoms with van der Waals surface area (Å²) in [6.07, 6.45) is 1.67. The van der Waals surface area contributed by atoms with Gasteiger partial charge in [0, 0.05) is 30.3 Å². The lowest BCUT2D eigenvalue weighted by Crippen LogP contribution is -2.16. The summed E-state index contributed by atoms with van der Waals surface area (Å²) in [4.78, 5) is 17.3. The Morgan fingerprint density at radius 3 is 2.26 bits per heavy atom. The summed E-state index contributed by atoms with van der Waals surface area (Å²) in [6, 6.07) is 5.36. The van der Waals surface area contributed by atoms with E-state index < -0.39 is 0 Å². The number of hydrogen-bond donors (Lipinski definition) is 1. The number of hydrogen-bond acceptors (Lipinski definition) is 7. The van der Waals surface area contributed by atoms with E-state index in [0.29, 0.717) is 47.0 Å². The number of methoxy groups -OCH3 is 2. The molecule has 31 heavy (non-hydrogen) atoms. The summed E-state index contributed by atoms with van der Waals surface area (Å²) in [5, 5.41) is 11.0. The van der Waals surface area contributed by atoms with E-state index in [1.54, 1.807) is 32.4 Å². The van der Waals surface area contributed by atoms with Crippen LogP contribution in [-0.2, 0) is 13.1 Å². The zero-order valence-electron chi connectivity index (χ0n) is 19.2. The molecule has 0 saturated carbocycles. The highest BCUT2D eigenvalue weighted by atomic mass is 16.5. The SMILES string of the molecule is COc1ccc(/C=C2\Oc3c(CN(C)C)c(O)c(CN(C)C)c(C)c3C2=O)c(OC)c1. The van der Waals surface area contributed by atoms with Crippen LogP contribution in [0.15, 0.2) is 24.0 Å². The van der Waals surface area contributed by atoms with Gasteiger partial charge < -0.3 is 29.1 Å². The molecule has 0 unspecified atom stereocenters. The number of carbonyl (C=O) groups excluding carboxylic acids is 1. The number of Topliss-reactive ketones (excluding diaryl/α,β-unsaturated/α-hetero) is 1.